The van der Waals surface area contributed by atoms with Crippen LogP contribution in [0.2, 0.25) is 0 Å². The van der Waals surface area contributed by atoms with Crippen molar-refractivity contribution in [2.24, 2.45) is 5.92 Å². The summed E-state index contributed by atoms with van der Waals surface area (Å²) >= 11 is 0. The van der Waals surface area contributed by atoms with Crippen LogP contribution in [0.4, 0.5) is 18.0 Å². The third kappa shape index (κ3) is 3.87. The predicted molar refractivity (Wildman–Crippen MR) is 68.4 cm³/mol. The van der Waals surface area contributed by atoms with Crippen LogP contribution in [-0.4, -0.2) is 41.5 Å². The molecule has 1 aromatic rings. The van der Waals surface area contributed by atoms with Crippen molar-refractivity contribution in [3.05, 3.63) is 35.9 Å². The van der Waals surface area contributed by atoms with E-state index in [0.717, 1.165) is 10.5 Å². The molecule has 2 atom stereocenters. The predicted octanol–water partition coefficient (Wildman–Crippen LogP) is 2.57. The van der Waals surface area contributed by atoms with Crippen LogP contribution in [0.25, 0.3) is 0 Å². The summed E-state index contributed by atoms with van der Waals surface area (Å²) < 4.78 is 43.1. The molecule has 1 heterocycles. The molecule has 7 heteroatoms. The molecule has 1 fully saturated rings. The molecule has 0 aromatic heterocycles. The van der Waals surface area contributed by atoms with Crippen molar-refractivity contribution >= 4 is 6.09 Å². The van der Waals surface area contributed by atoms with Gasteiger partial charge in [0.25, 0.3) is 0 Å². The lowest BCUT2D eigenvalue weighted by Gasteiger charge is -2.22. The molecule has 1 N–H and O–H groups in total. The highest BCUT2D eigenvalue weighted by atomic mass is 19.4. The summed E-state index contributed by atoms with van der Waals surface area (Å²) in [5, 5.41) is 9.14. The van der Waals surface area contributed by atoms with Crippen LogP contribution in [-0.2, 0) is 11.3 Å². The number of carbonyl (C=O) groups excluding carboxylic acids is 1. The standard InChI is InChI=1S/C14H16F3NO3/c15-14(16,17)11-6-12(8-19)18(7-11)13(20)21-9-10-4-2-1-3-5-10/h1-5,11-12,19H,6-9H2/t11-,12-/m0/s1. The molecule has 1 aliphatic rings. The SMILES string of the molecule is O=C(OCc1ccccc1)N1C[C@@H](C(F)(F)F)C[C@H]1CO. The molecule has 4 nitrogen and oxygen atoms in total. The zero-order valence-electron chi connectivity index (χ0n) is 11.2. The zero-order valence-corrected chi connectivity index (χ0v) is 11.2. The summed E-state index contributed by atoms with van der Waals surface area (Å²) in [7, 11) is 0. The van der Waals surface area contributed by atoms with E-state index in [2.05, 4.69) is 0 Å². The maximum atomic E-state index is 12.7. The van der Waals surface area contributed by atoms with Crippen molar-refractivity contribution in [2.75, 3.05) is 13.2 Å². The van der Waals surface area contributed by atoms with Gasteiger partial charge >= 0.3 is 12.3 Å². The van der Waals surface area contributed by atoms with Crippen LogP contribution in [0.5, 0.6) is 0 Å². The van der Waals surface area contributed by atoms with Gasteiger partial charge in [-0.3, -0.25) is 0 Å². The van der Waals surface area contributed by atoms with E-state index in [1.807, 2.05) is 6.07 Å². The highest BCUT2D eigenvalue weighted by Gasteiger charge is 2.49. The first-order valence-corrected chi connectivity index (χ1v) is 6.56. The van der Waals surface area contributed by atoms with Gasteiger partial charge in [0.15, 0.2) is 0 Å². The number of carbonyl (C=O) groups is 1. The second-order valence-electron chi connectivity index (χ2n) is 5.00. The Hall–Kier alpha value is -1.76. The van der Waals surface area contributed by atoms with E-state index in [1.165, 1.54) is 0 Å². The highest BCUT2D eigenvalue weighted by molar-refractivity contribution is 5.68. The van der Waals surface area contributed by atoms with Gasteiger partial charge in [0.05, 0.1) is 18.6 Å². The molecule has 0 bridgehead atoms. The Bertz CT molecular complexity index is 478. The molecule has 0 radical (unpaired) electrons. The monoisotopic (exact) mass is 303 g/mol. The Morgan fingerprint density at radius 1 is 1.33 bits per heavy atom. The fourth-order valence-corrected chi connectivity index (χ4v) is 2.35. The van der Waals surface area contributed by atoms with E-state index in [9.17, 15) is 18.0 Å². The fourth-order valence-electron chi connectivity index (χ4n) is 2.35. The second kappa shape index (κ2) is 6.34. The number of hydrogen-bond acceptors (Lipinski definition) is 3. The van der Waals surface area contributed by atoms with Crippen LogP contribution < -0.4 is 0 Å². The van der Waals surface area contributed by atoms with Crippen LogP contribution in [0.1, 0.15) is 12.0 Å². The van der Waals surface area contributed by atoms with E-state index in [0.29, 0.717) is 0 Å². The smallest absolute Gasteiger partial charge is 0.410 e. The topological polar surface area (TPSA) is 49.8 Å². The minimum Gasteiger partial charge on any atom is -0.445 e. The van der Waals surface area contributed by atoms with Gasteiger partial charge < -0.3 is 14.7 Å². The Labute approximate surface area is 120 Å². The summed E-state index contributed by atoms with van der Waals surface area (Å²) in [5.74, 6) is -1.61. The Balaban J connectivity index is 1.95. The third-order valence-corrected chi connectivity index (χ3v) is 3.53. The molecule has 0 unspecified atom stereocenters. The van der Waals surface area contributed by atoms with E-state index in [4.69, 9.17) is 9.84 Å². The maximum absolute atomic E-state index is 12.7. The van der Waals surface area contributed by atoms with Crippen LogP contribution in [0.3, 0.4) is 0 Å². The summed E-state index contributed by atoms with van der Waals surface area (Å²) in [6.07, 6.45) is -5.49. The molecular formula is C14H16F3NO3. The number of aliphatic hydroxyl groups excluding tert-OH is 1. The van der Waals surface area contributed by atoms with Gasteiger partial charge in [-0.25, -0.2) is 4.79 Å². The number of halogens is 3. The normalized spacial score (nSPS) is 22.4. The molecular weight excluding hydrogens is 287 g/mol. The second-order valence-corrected chi connectivity index (χ2v) is 5.00. The summed E-state index contributed by atoms with van der Waals surface area (Å²) in [6.45, 7) is -0.986. The van der Waals surface area contributed by atoms with Crippen LogP contribution in [0.15, 0.2) is 30.3 Å². The minimum atomic E-state index is -4.37. The average molecular weight is 303 g/mol. The lowest BCUT2D eigenvalue weighted by molar-refractivity contribution is -0.170. The van der Waals surface area contributed by atoms with Crippen molar-refractivity contribution in [3.8, 4) is 0 Å². The van der Waals surface area contributed by atoms with E-state index < -0.39 is 37.4 Å². The number of amides is 1. The zero-order chi connectivity index (χ0) is 15.5. The number of nitrogens with zero attached hydrogens (tertiary/aromatic N) is 1. The first-order valence-electron chi connectivity index (χ1n) is 6.56. The molecule has 1 saturated heterocycles. The van der Waals surface area contributed by atoms with Gasteiger partial charge in [0.2, 0.25) is 0 Å². The molecule has 116 valence electrons. The first kappa shape index (κ1) is 15.6. The van der Waals surface area contributed by atoms with Gasteiger partial charge in [-0.05, 0) is 12.0 Å². The third-order valence-electron chi connectivity index (χ3n) is 3.53. The van der Waals surface area contributed by atoms with E-state index in [1.54, 1.807) is 24.3 Å². The number of aliphatic hydroxyl groups is 1. The molecule has 21 heavy (non-hydrogen) atoms. The highest BCUT2D eigenvalue weighted by Crippen LogP contribution is 2.36. The number of rotatable bonds is 3. The largest absolute Gasteiger partial charge is 0.445 e. The van der Waals surface area contributed by atoms with Crippen molar-refractivity contribution in [2.45, 2.75) is 25.2 Å². The van der Waals surface area contributed by atoms with Crippen LogP contribution in [0, 0.1) is 5.92 Å². The lowest BCUT2D eigenvalue weighted by Crippen LogP contribution is -2.38. The molecule has 1 aromatic carbocycles. The molecule has 1 amide bonds. The van der Waals surface area contributed by atoms with Gasteiger partial charge in [-0.1, -0.05) is 30.3 Å². The summed E-state index contributed by atoms with van der Waals surface area (Å²) in [5.41, 5.74) is 0.748. The van der Waals surface area contributed by atoms with Crippen molar-refractivity contribution < 1.29 is 27.8 Å². The number of alkyl halides is 3. The number of likely N-dealkylation sites (tertiary alicyclic amines) is 1. The van der Waals surface area contributed by atoms with Crippen molar-refractivity contribution in [1.29, 1.82) is 0 Å². The summed E-state index contributed by atoms with van der Waals surface area (Å²) in [6, 6.07) is 8.00. The summed E-state index contributed by atoms with van der Waals surface area (Å²) in [4.78, 5) is 12.8. The molecule has 0 saturated carbocycles. The number of hydrogen-bond donors (Lipinski definition) is 1. The van der Waals surface area contributed by atoms with E-state index in [-0.39, 0.29) is 13.0 Å². The first-order chi connectivity index (χ1) is 9.91. The maximum Gasteiger partial charge on any atom is 0.410 e. The molecule has 1 aliphatic heterocycles. The molecule has 0 aliphatic carbocycles. The Morgan fingerprint density at radius 2 is 2.00 bits per heavy atom. The fraction of sp³-hybridized carbons (Fsp3) is 0.500. The molecule has 2 rings (SSSR count). The Kier molecular flexibility index (Phi) is 4.72. The Morgan fingerprint density at radius 3 is 2.57 bits per heavy atom. The van der Waals surface area contributed by atoms with E-state index >= 15 is 0 Å². The number of benzene rings is 1. The number of ether oxygens (including phenoxy) is 1. The van der Waals surface area contributed by atoms with Gasteiger partial charge in [0.1, 0.15) is 6.61 Å². The quantitative estimate of drug-likeness (QED) is 0.933. The van der Waals surface area contributed by atoms with Gasteiger partial charge in [-0.15, -0.1) is 0 Å². The van der Waals surface area contributed by atoms with Crippen molar-refractivity contribution in [1.82, 2.24) is 4.90 Å². The van der Waals surface area contributed by atoms with Crippen LogP contribution >= 0.6 is 0 Å². The van der Waals surface area contributed by atoms with Gasteiger partial charge in [0, 0.05) is 6.54 Å². The molecule has 0 spiro atoms. The van der Waals surface area contributed by atoms with Crippen molar-refractivity contribution in [3.63, 3.8) is 0 Å². The lowest BCUT2D eigenvalue weighted by atomic mass is 10.1. The average Bonchev–Trinajstić information content (AvgIpc) is 2.90. The van der Waals surface area contributed by atoms with Gasteiger partial charge in [-0.2, -0.15) is 13.2 Å². The minimum absolute atomic E-state index is 0.00892.